The number of nitro groups is 1. The highest BCUT2D eigenvalue weighted by Crippen LogP contribution is 2.22. The lowest BCUT2D eigenvalue weighted by atomic mass is 10.1. The fraction of sp³-hybridized carbons (Fsp3) is 0.133. The number of nitrogens with one attached hydrogen (secondary N) is 1. The maximum atomic E-state index is 12.1. The number of halogens is 1. The summed E-state index contributed by atoms with van der Waals surface area (Å²) >= 11 is 3.23. The minimum atomic E-state index is -0.521. The predicted octanol–water partition coefficient (Wildman–Crippen LogP) is 3.33. The average Bonchev–Trinajstić information content (AvgIpc) is 2.48. The van der Waals surface area contributed by atoms with E-state index in [4.69, 9.17) is 0 Å². The molecule has 0 saturated carbocycles. The van der Waals surface area contributed by atoms with Gasteiger partial charge >= 0.3 is 0 Å². The van der Waals surface area contributed by atoms with Crippen LogP contribution in [0.25, 0.3) is 0 Å². The molecule has 2 aromatic carbocycles. The van der Waals surface area contributed by atoms with Gasteiger partial charge in [-0.25, -0.2) is 0 Å². The Hall–Kier alpha value is -2.21. The molecule has 0 spiro atoms. The highest BCUT2D eigenvalue weighted by molar-refractivity contribution is 9.10. The van der Waals surface area contributed by atoms with Crippen LogP contribution in [0.5, 0.6) is 0 Å². The molecule has 0 unspecified atom stereocenters. The minimum absolute atomic E-state index is 0.105. The summed E-state index contributed by atoms with van der Waals surface area (Å²) in [6, 6.07) is 13.9. The fourth-order valence-electron chi connectivity index (χ4n) is 1.86. The number of carbonyl (C=O) groups excluding carboxylic acids is 1. The lowest BCUT2D eigenvalue weighted by Crippen LogP contribution is -2.26. The van der Waals surface area contributed by atoms with Crippen molar-refractivity contribution in [3.8, 4) is 0 Å². The second-order valence-electron chi connectivity index (χ2n) is 4.41. The van der Waals surface area contributed by atoms with Crippen molar-refractivity contribution in [3.63, 3.8) is 0 Å². The Morgan fingerprint density at radius 3 is 2.57 bits per heavy atom. The molecule has 108 valence electrons. The lowest BCUT2D eigenvalue weighted by molar-refractivity contribution is -0.384. The number of non-ortho nitro benzene ring substituents is 1. The van der Waals surface area contributed by atoms with Crippen molar-refractivity contribution in [1.82, 2.24) is 5.32 Å². The molecule has 6 heteroatoms. The average molecular weight is 349 g/mol. The Labute approximate surface area is 130 Å². The molecule has 0 heterocycles. The third-order valence-corrected chi connectivity index (χ3v) is 3.64. The molecule has 0 aliphatic carbocycles. The zero-order valence-corrected chi connectivity index (χ0v) is 12.7. The molecule has 0 atom stereocenters. The summed E-state index contributed by atoms with van der Waals surface area (Å²) in [7, 11) is 0. The Morgan fingerprint density at radius 2 is 1.90 bits per heavy atom. The van der Waals surface area contributed by atoms with E-state index in [1.165, 1.54) is 18.2 Å². The molecule has 0 aliphatic heterocycles. The summed E-state index contributed by atoms with van der Waals surface area (Å²) in [6.07, 6.45) is 0.707. The maximum absolute atomic E-state index is 12.1. The Balaban J connectivity index is 2.00. The van der Waals surface area contributed by atoms with Crippen molar-refractivity contribution < 1.29 is 9.72 Å². The van der Waals surface area contributed by atoms with Crippen molar-refractivity contribution in [3.05, 3.63) is 74.2 Å². The van der Waals surface area contributed by atoms with E-state index in [-0.39, 0.29) is 17.2 Å². The van der Waals surface area contributed by atoms with Gasteiger partial charge in [-0.15, -0.1) is 0 Å². The zero-order chi connectivity index (χ0) is 15.2. The normalized spacial score (nSPS) is 10.1. The van der Waals surface area contributed by atoms with Crippen LogP contribution in [0, 0.1) is 10.1 Å². The van der Waals surface area contributed by atoms with E-state index in [1.54, 1.807) is 0 Å². The van der Waals surface area contributed by atoms with E-state index in [0.29, 0.717) is 17.4 Å². The highest BCUT2D eigenvalue weighted by atomic mass is 79.9. The van der Waals surface area contributed by atoms with Crippen molar-refractivity contribution in [2.24, 2.45) is 0 Å². The van der Waals surface area contributed by atoms with Gasteiger partial charge < -0.3 is 5.32 Å². The number of rotatable bonds is 5. The summed E-state index contributed by atoms with van der Waals surface area (Å²) in [6.45, 7) is 0.470. The van der Waals surface area contributed by atoms with Gasteiger partial charge in [-0.05, 0) is 34.0 Å². The van der Waals surface area contributed by atoms with Gasteiger partial charge in [0.25, 0.3) is 11.6 Å². The number of carbonyl (C=O) groups is 1. The van der Waals surface area contributed by atoms with Crippen LogP contribution in [0.15, 0.2) is 53.0 Å². The summed E-state index contributed by atoms with van der Waals surface area (Å²) in [5.41, 5.74) is 1.28. The Bertz CT molecular complexity index is 659. The van der Waals surface area contributed by atoms with Crippen LogP contribution in [0.3, 0.4) is 0 Å². The quantitative estimate of drug-likeness (QED) is 0.665. The standard InChI is InChI=1S/C15H13BrN2O3/c16-14-7-6-12(18(20)21)10-13(14)15(19)17-9-8-11-4-2-1-3-5-11/h1-7,10H,8-9H2,(H,17,19). The number of hydrogen-bond donors (Lipinski definition) is 1. The number of nitro benzene ring substituents is 1. The molecular weight excluding hydrogens is 336 g/mol. The molecule has 2 rings (SSSR count). The molecule has 1 amide bonds. The molecule has 0 radical (unpaired) electrons. The van der Waals surface area contributed by atoms with Gasteiger partial charge in [0.05, 0.1) is 10.5 Å². The van der Waals surface area contributed by atoms with Gasteiger partial charge in [-0.2, -0.15) is 0 Å². The number of hydrogen-bond acceptors (Lipinski definition) is 3. The van der Waals surface area contributed by atoms with Gasteiger partial charge in [0, 0.05) is 23.2 Å². The molecule has 21 heavy (non-hydrogen) atoms. The monoisotopic (exact) mass is 348 g/mol. The second kappa shape index (κ2) is 6.99. The van der Waals surface area contributed by atoms with Gasteiger partial charge in [-0.3, -0.25) is 14.9 Å². The zero-order valence-electron chi connectivity index (χ0n) is 11.1. The number of nitrogens with zero attached hydrogens (tertiary/aromatic N) is 1. The molecular formula is C15H13BrN2O3. The molecule has 0 aliphatic rings. The first-order chi connectivity index (χ1) is 10.1. The summed E-state index contributed by atoms with van der Waals surface area (Å²) in [5, 5.41) is 13.5. The SMILES string of the molecule is O=C(NCCc1ccccc1)c1cc([N+](=O)[O-])ccc1Br. The second-order valence-corrected chi connectivity index (χ2v) is 5.27. The first-order valence-corrected chi connectivity index (χ1v) is 7.13. The van der Waals surface area contributed by atoms with Gasteiger partial charge in [0.15, 0.2) is 0 Å². The first kappa shape index (κ1) is 15.2. The van der Waals surface area contributed by atoms with E-state index in [2.05, 4.69) is 21.2 Å². The number of benzene rings is 2. The summed E-state index contributed by atoms with van der Waals surface area (Å²) in [5.74, 6) is -0.332. The molecule has 0 saturated heterocycles. The van der Waals surface area contributed by atoms with Crippen LogP contribution in [-0.4, -0.2) is 17.4 Å². The van der Waals surface area contributed by atoms with Crippen molar-refractivity contribution in [2.75, 3.05) is 6.54 Å². The van der Waals surface area contributed by atoms with Crippen molar-refractivity contribution in [1.29, 1.82) is 0 Å². The Kier molecular flexibility index (Phi) is 5.05. The summed E-state index contributed by atoms with van der Waals surface area (Å²) < 4.78 is 0.533. The highest BCUT2D eigenvalue weighted by Gasteiger charge is 2.15. The minimum Gasteiger partial charge on any atom is -0.352 e. The van der Waals surface area contributed by atoms with Crippen molar-refractivity contribution >= 4 is 27.5 Å². The lowest BCUT2D eigenvalue weighted by Gasteiger charge is -2.07. The van der Waals surface area contributed by atoms with Crippen molar-refractivity contribution in [2.45, 2.75) is 6.42 Å². The third-order valence-electron chi connectivity index (χ3n) is 2.95. The van der Waals surface area contributed by atoms with Crippen LogP contribution in [0.4, 0.5) is 5.69 Å². The van der Waals surface area contributed by atoms with E-state index < -0.39 is 4.92 Å². The van der Waals surface area contributed by atoms with Crippen LogP contribution in [-0.2, 0) is 6.42 Å². The van der Waals surface area contributed by atoms with Crippen LogP contribution in [0.1, 0.15) is 15.9 Å². The first-order valence-electron chi connectivity index (χ1n) is 6.34. The Morgan fingerprint density at radius 1 is 1.19 bits per heavy atom. The van der Waals surface area contributed by atoms with E-state index in [9.17, 15) is 14.9 Å². The maximum Gasteiger partial charge on any atom is 0.270 e. The van der Waals surface area contributed by atoms with Gasteiger partial charge in [0.2, 0.25) is 0 Å². The van der Waals surface area contributed by atoms with E-state index in [1.807, 2.05) is 30.3 Å². The smallest absolute Gasteiger partial charge is 0.270 e. The fourth-order valence-corrected chi connectivity index (χ4v) is 2.29. The topological polar surface area (TPSA) is 72.2 Å². The van der Waals surface area contributed by atoms with E-state index in [0.717, 1.165) is 5.56 Å². The number of amides is 1. The van der Waals surface area contributed by atoms with Gasteiger partial charge in [0.1, 0.15) is 0 Å². The predicted molar refractivity (Wildman–Crippen MR) is 83.3 cm³/mol. The largest absolute Gasteiger partial charge is 0.352 e. The molecule has 1 N–H and O–H groups in total. The third kappa shape index (κ3) is 4.13. The van der Waals surface area contributed by atoms with Crippen LogP contribution < -0.4 is 5.32 Å². The van der Waals surface area contributed by atoms with Crippen LogP contribution in [0.2, 0.25) is 0 Å². The molecule has 5 nitrogen and oxygen atoms in total. The van der Waals surface area contributed by atoms with Crippen LogP contribution >= 0.6 is 15.9 Å². The van der Waals surface area contributed by atoms with E-state index >= 15 is 0 Å². The van der Waals surface area contributed by atoms with Gasteiger partial charge in [-0.1, -0.05) is 30.3 Å². The molecule has 0 aromatic heterocycles. The molecule has 2 aromatic rings. The molecule has 0 fully saturated rings. The molecule has 0 bridgehead atoms. The summed E-state index contributed by atoms with van der Waals surface area (Å²) in [4.78, 5) is 22.3.